The van der Waals surface area contributed by atoms with E-state index in [4.69, 9.17) is 4.84 Å². The maximum Gasteiger partial charge on any atom is 0.203 e. The Morgan fingerprint density at radius 3 is 3.33 bits per heavy atom. The molecule has 1 aliphatic rings. The number of nitrogens with one attached hydrogen (secondary N) is 1. The van der Waals surface area contributed by atoms with Crippen molar-refractivity contribution in [2.75, 3.05) is 13.2 Å². The van der Waals surface area contributed by atoms with Gasteiger partial charge in [0.05, 0.1) is 6.61 Å². The predicted octanol–water partition coefficient (Wildman–Crippen LogP) is 0.0273. The van der Waals surface area contributed by atoms with Crippen LogP contribution in [0.25, 0.3) is 0 Å². The first-order chi connectivity index (χ1) is 4.43. The minimum atomic E-state index is 0.0347. The van der Waals surface area contributed by atoms with Gasteiger partial charge >= 0.3 is 0 Å². The lowest BCUT2D eigenvalue weighted by Crippen LogP contribution is -2.20. The highest BCUT2D eigenvalue weighted by atomic mass is 16.6. The number of hydrogen-bond acceptors (Lipinski definition) is 3. The summed E-state index contributed by atoms with van der Waals surface area (Å²) < 4.78 is 0. The summed E-state index contributed by atoms with van der Waals surface area (Å²) in [6.45, 7) is 1.32. The minimum Gasteiger partial charge on any atom is -0.302 e. The molecule has 1 radical (unpaired) electrons. The van der Waals surface area contributed by atoms with Crippen molar-refractivity contribution in [2.45, 2.75) is 12.8 Å². The number of rotatable bonds is 1. The van der Waals surface area contributed by atoms with Crippen LogP contribution >= 0.6 is 0 Å². The molecule has 1 heterocycles. The fourth-order valence-corrected chi connectivity index (χ4v) is 0.836. The Bertz CT molecular complexity index is 87.1. The molecule has 1 rings (SSSR count). The molecule has 0 aliphatic carbocycles. The Balaban J connectivity index is 2.26. The van der Waals surface area contributed by atoms with Gasteiger partial charge in [-0.15, -0.1) is 0 Å². The second-order valence-electron chi connectivity index (χ2n) is 2.15. The smallest absolute Gasteiger partial charge is 0.203 e. The number of hydroxylamine groups is 1. The average Bonchev–Trinajstić information content (AvgIpc) is 2.13. The highest BCUT2D eigenvalue weighted by molar-refractivity contribution is 5.54. The van der Waals surface area contributed by atoms with Crippen molar-refractivity contribution in [3.8, 4) is 0 Å². The van der Waals surface area contributed by atoms with Gasteiger partial charge in [-0.05, 0) is 12.8 Å². The van der Waals surface area contributed by atoms with E-state index in [1.807, 2.05) is 6.29 Å². The van der Waals surface area contributed by atoms with Crippen molar-refractivity contribution in [1.29, 1.82) is 0 Å². The van der Waals surface area contributed by atoms with E-state index in [2.05, 4.69) is 5.48 Å². The summed E-state index contributed by atoms with van der Waals surface area (Å²) >= 11 is 0. The third-order valence-electron chi connectivity index (χ3n) is 1.40. The van der Waals surface area contributed by atoms with E-state index in [9.17, 15) is 4.79 Å². The molecule has 1 saturated heterocycles. The molecule has 0 saturated carbocycles. The summed E-state index contributed by atoms with van der Waals surface area (Å²) in [5.74, 6) is 0.0347. The topological polar surface area (TPSA) is 38.3 Å². The summed E-state index contributed by atoms with van der Waals surface area (Å²) in [4.78, 5) is 15.0. The molecule has 3 heteroatoms. The second kappa shape index (κ2) is 3.58. The van der Waals surface area contributed by atoms with Gasteiger partial charge in [-0.1, -0.05) is 0 Å². The standard InChI is InChI=1S/C6H10NO2/c8-5-6-2-1-3-9-7-4-6/h6-7H,1-4H2. The summed E-state index contributed by atoms with van der Waals surface area (Å²) in [5, 5.41) is 0. The van der Waals surface area contributed by atoms with Crippen LogP contribution in [0.5, 0.6) is 0 Å². The van der Waals surface area contributed by atoms with E-state index in [1.165, 1.54) is 0 Å². The van der Waals surface area contributed by atoms with Crippen LogP contribution in [-0.2, 0) is 9.63 Å². The minimum absolute atomic E-state index is 0.0347. The van der Waals surface area contributed by atoms with Crippen LogP contribution in [-0.4, -0.2) is 19.4 Å². The Morgan fingerprint density at radius 2 is 2.56 bits per heavy atom. The molecule has 0 amide bonds. The first kappa shape index (κ1) is 6.71. The van der Waals surface area contributed by atoms with Gasteiger partial charge in [0.25, 0.3) is 0 Å². The molecule has 0 aromatic heterocycles. The summed E-state index contributed by atoms with van der Waals surface area (Å²) in [6, 6.07) is 0. The molecular formula is C6H10NO2. The van der Waals surface area contributed by atoms with Crippen LogP contribution < -0.4 is 5.48 Å². The van der Waals surface area contributed by atoms with Crippen molar-refractivity contribution in [2.24, 2.45) is 5.92 Å². The van der Waals surface area contributed by atoms with Crippen molar-refractivity contribution in [3.63, 3.8) is 0 Å². The molecule has 1 fully saturated rings. The molecule has 1 unspecified atom stereocenters. The highest BCUT2D eigenvalue weighted by Gasteiger charge is 2.10. The average molecular weight is 128 g/mol. The van der Waals surface area contributed by atoms with Gasteiger partial charge in [-0.25, -0.2) is 5.48 Å². The Kier molecular flexibility index (Phi) is 2.67. The van der Waals surface area contributed by atoms with E-state index >= 15 is 0 Å². The molecule has 0 bridgehead atoms. The van der Waals surface area contributed by atoms with Gasteiger partial charge in [-0.3, -0.25) is 4.79 Å². The SMILES string of the molecule is O=[C]C1CCCONC1. The van der Waals surface area contributed by atoms with Gasteiger partial charge in [-0.2, -0.15) is 0 Å². The van der Waals surface area contributed by atoms with E-state index in [1.54, 1.807) is 0 Å². The van der Waals surface area contributed by atoms with Crippen molar-refractivity contribution in [3.05, 3.63) is 0 Å². The van der Waals surface area contributed by atoms with E-state index < -0.39 is 0 Å². The zero-order valence-corrected chi connectivity index (χ0v) is 5.22. The summed E-state index contributed by atoms with van der Waals surface area (Å²) in [6.07, 6.45) is 3.80. The third kappa shape index (κ3) is 2.11. The Morgan fingerprint density at radius 1 is 1.67 bits per heavy atom. The first-order valence-electron chi connectivity index (χ1n) is 3.16. The number of carbonyl (C=O) groups excluding carboxylic acids is 1. The molecule has 1 aliphatic heterocycles. The Labute approximate surface area is 54.3 Å². The molecule has 3 nitrogen and oxygen atoms in total. The predicted molar refractivity (Wildman–Crippen MR) is 32.4 cm³/mol. The van der Waals surface area contributed by atoms with Gasteiger partial charge in [0.15, 0.2) is 0 Å². The van der Waals surface area contributed by atoms with Gasteiger partial charge in [0, 0.05) is 12.5 Å². The lowest BCUT2D eigenvalue weighted by molar-refractivity contribution is 0.0510. The van der Waals surface area contributed by atoms with Crippen LogP contribution in [0, 0.1) is 5.92 Å². The quantitative estimate of drug-likeness (QED) is 0.541. The second-order valence-corrected chi connectivity index (χ2v) is 2.15. The van der Waals surface area contributed by atoms with Gasteiger partial charge in [0.2, 0.25) is 6.29 Å². The summed E-state index contributed by atoms with van der Waals surface area (Å²) in [5.41, 5.74) is 2.69. The van der Waals surface area contributed by atoms with Crippen LogP contribution in [0.3, 0.4) is 0 Å². The maximum absolute atomic E-state index is 10.1. The third-order valence-corrected chi connectivity index (χ3v) is 1.40. The number of hydrogen-bond donors (Lipinski definition) is 1. The Hall–Kier alpha value is -0.410. The van der Waals surface area contributed by atoms with Crippen LogP contribution in [0.4, 0.5) is 0 Å². The van der Waals surface area contributed by atoms with Crippen LogP contribution in [0.2, 0.25) is 0 Å². The molecule has 1 N–H and O–H groups in total. The van der Waals surface area contributed by atoms with E-state index in [0.29, 0.717) is 13.2 Å². The van der Waals surface area contributed by atoms with Crippen molar-refractivity contribution >= 4 is 6.29 Å². The molecular weight excluding hydrogens is 118 g/mol. The van der Waals surface area contributed by atoms with E-state index in [-0.39, 0.29) is 5.92 Å². The van der Waals surface area contributed by atoms with Crippen LogP contribution in [0.1, 0.15) is 12.8 Å². The largest absolute Gasteiger partial charge is 0.302 e. The zero-order chi connectivity index (χ0) is 6.53. The fraction of sp³-hybridized carbons (Fsp3) is 0.833. The zero-order valence-electron chi connectivity index (χ0n) is 5.22. The summed E-state index contributed by atoms with van der Waals surface area (Å²) in [7, 11) is 0. The molecule has 9 heavy (non-hydrogen) atoms. The van der Waals surface area contributed by atoms with Gasteiger partial charge in [0.1, 0.15) is 0 Å². The van der Waals surface area contributed by atoms with E-state index in [0.717, 1.165) is 12.8 Å². The lowest BCUT2D eigenvalue weighted by atomic mass is 10.1. The maximum atomic E-state index is 10.1. The first-order valence-corrected chi connectivity index (χ1v) is 3.16. The molecule has 1 atom stereocenters. The lowest BCUT2D eigenvalue weighted by Gasteiger charge is -2.00. The molecule has 0 aromatic rings. The van der Waals surface area contributed by atoms with Crippen molar-refractivity contribution in [1.82, 2.24) is 5.48 Å². The van der Waals surface area contributed by atoms with Crippen LogP contribution in [0.15, 0.2) is 0 Å². The molecule has 51 valence electrons. The van der Waals surface area contributed by atoms with Gasteiger partial charge < -0.3 is 4.84 Å². The molecule has 0 spiro atoms. The monoisotopic (exact) mass is 128 g/mol. The highest BCUT2D eigenvalue weighted by Crippen LogP contribution is 2.04. The molecule has 0 aromatic carbocycles. The normalized spacial score (nSPS) is 29.1. The van der Waals surface area contributed by atoms with Crippen molar-refractivity contribution < 1.29 is 9.63 Å². The fourth-order valence-electron chi connectivity index (χ4n) is 0.836.